The quantitative estimate of drug-likeness (QED) is 0.569. The fraction of sp³-hybridized carbons (Fsp3) is 0.875. The van der Waals surface area contributed by atoms with E-state index in [-0.39, 0.29) is 5.91 Å². The minimum atomic E-state index is -1.80. The predicted molar refractivity (Wildman–Crippen MR) is 68.9 cm³/mol. The average molecular weight is 272 g/mol. The van der Waals surface area contributed by atoms with Gasteiger partial charge < -0.3 is 4.23 Å². The van der Waals surface area contributed by atoms with E-state index in [1.165, 1.54) is 0 Å². The van der Waals surface area contributed by atoms with Gasteiger partial charge in [-0.2, -0.15) is 0 Å². The lowest BCUT2D eigenvalue weighted by molar-refractivity contribution is -0.122. The SMILES string of the molecule is CC(=O)N([Si](C)(C)CCl)[Si](C)(C)CCl. The highest BCUT2D eigenvalue weighted by Gasteiger charge is 2.41. The number of alkyl halides is 2. The first-order valence-electron chi connectivity index (χ1n) is 4.62. The zero-order chi connectivity index (χ0) is 11.6. The number of halogens is 2. The first-order valence-corrected chi connectivity index (χ1v) is 12.0. The molecule has 0 saturated heterocycles. The van der Waals surface area contributed by atoms with E-state index in [0.717, 1.165) is 0 Å². The predicted octanol–water partition coefficient (Wildman–Crippen LogP) is 2.80. The summed E-state index contributed by atoms with van der Waals surface area (Å²) in [5.74, 6) is 0.125. The largest absolute Gasteiger partial charge is 0.394 e. The molecule has 0 aliphatic heterocycles. The van der Waals surface area contributed by atoms with E-state index in [1.54, 1.807) is 6.92 Å². The molecule has 0 aromatic heterocycles. The molecule has 0 bridgehead atoms. The van der Waals surface area contributed by atoms with Gasteiger partial charge in [0.2, 0.25) is 5.91 Å². The minimum Gasteiger partial charge on any atom is -0.394 e. The van der Waals surface area contributed by atoms with Crippen molar-refractivity contribution in [2.75, 3.05) is 11.0 Å². The molecule has 0 radical (unpaired) electrons. The zero-order valence-electron chi connectivity index (χ0n) is 9.53. The molecule has 2 nitrogen and oxygen atoms in total. The summed E-state index contributed by atoms with van der Waals surface area (Å²) in [6.45, 7) is 10.1. The first-order chi connectivity index (χ1) is 6.19. The Hall–Kier alpha value is 0.484. The second-order valence-corrected chi connectivity index (χ2v) is 15.5. The van der Waals surface area contributed by atoms with Crippen LogP contribution in [0.5, 0.6) is 0 Å². The van der Waals surface area contributed by atoms with Crippen molar-refractivity contribution in [1.29, 1.82) is 0 Å². The second kappa shape index (κ2) is 5.01. The van der Waals surface area contributed by atoms with Crippen molar-refractivity contribution in [2.24, 2.45) is 0 Å². The molecule has 0 spiro atoms. The van der Waals surface area contributed by atoms with Crippen molar-refractivity contribution < 1.29 is 4.79 Å². The third kappa shape index (κ3) is 3.26. The van der Waals surface area contributed by atoms with Gasteiger partial charge in [0.05, 0.1) is 0 Å². The molecule has 0 aromatic carbocycles. The van der Waals surface area contributed by atoms with E-state index >= 15 is 0 Å². The van der Waals surface area contributed by atoms with Crippen LogP contribution in [0, 0.1) is 0 Å². The Morgan fingerprint density at radius 2 is 1.36 bits per heavy atom. The molecular weight excluding hydrogens is 253 g/mol. The number of amides is 1. The lowest BCUT2D eigenvalue weighted by atomic mass is 10.8. The van der Waals surface area contributed by atoms with E-state index in [4.69, 9.17) is 23.2 Å². The molecule has 0 unspecified atom stereocenters. The standard InChI is InChI=1S/C8H19Cl2NOSi2/c1-8(12)11(13(2,3)6-9)14(4,5)7-10/h6-7H2,1-5H3. The molecule has 14 heavy (non-hydrogen) atoms. The third-order valence-corrected chi connectivity index (χ3v) is 14.1. The lowest BCUT2D eigenvalue weighted by Gasteiger charge is -2.45. The molecule has 0 aromatic rings. The molecule has 0 saturated carbocycles. The number of carbonyl (C=O) groups excluding carboxylic acids is 1. The normalized spacial score (nSPS) is 12.8. The summed E-state index contributed by atoms with van der Waals surface area (Å²) < 4.78 is 2.03. The maximum atomic E-state index is 11.6. The van der Waals surface area contributed by atoms with Crippen LogP contribution in [0.15, 0.2) is 0 Å². The summed E-state index contributed by atoms with van der Waals surface area (Å²) >= 11 is 11.9. The van der Waals surface area contributed by atoms with Crippen molar-refractivity contribution >= 4 is 45.6 Å². The van der Waals surface area contributed by atoms with Crippen LogP contribution in [-0.2, 0) is 4.79 Å². The van der Waals surface area contributed by atoms with Gasteiger partial charge in [-0.05, 0) is 0 Å². The van der Waals surface area contributed by atoms with Gasteiger partial charge in [0.25, 0.3) is 0 Å². The van der Waals surface area contributed by atoms with Crippen LogP contribution >= 0.6 is 23.2 Å². The maximum Gasteiger partial charge on any atom is 0.203 e. The van der Waals surface area contributed by atoms with E-state index in [0.29, 0.717) is 11.0 Å². The molecule has 0 atom stereocenters. The number of hydrogen-bond donors (Lipinski definition) is 0. The summed E-state index contributed by atoms with van der Waals surface area (Å²) in [6, 6.07) is 0. The maximum absolute atomic E-state index is 11.6. The third-order valence-electron chi connectivity index (χ3n) is 2.18. The van der Waals surface area contributed by atoms with Crippen LogP contribution in [0.2, 0.25) is 26.2 Å². The summed E-state index contributed by atoms with van der Waals surface area (Å²) in [7, 11) is -3.60. The van der Waals surface area contributed by atoms with Gasteiger partial charge in [-0.25, -0.2) is 0 Å². The fourth-order valence-electron chi connectivity index (χ4n) is 1.79. The molecule has 0 rings (SSSR count). The van der Waals surface area contributed by atoms with Crippen molar-refractivity contribution in [2.45, 2.75) is 33.1 Å². The van der Waals surface area contributed by atoms with Gasteiger partial charge in [-0.1, -0.05) is 26.2 Å². The van der Waals surface area contributed by atoms with Crippen LogP contribution in [0.1, 0.15) is 6.92 Å². The number of nitrogens with zero attached hydrogens (tertiary/aromatic N) is 1. The average Bonchev–Trinajstić information content (AvgIpc) is 2.02. The summed E-state index contributed by atoms with van der Waals surface area (Å²) in [4.78, 5) is 11.6. The Labute approximate surface area is 98.7 Å². The van der Waals surface area contributed by atoms with Gasteiger partial charge in [-0.3, -0.25) is 4.79 Å². The highest BCUT2D eigenvalue weighted by Crippen LogP contribution is 2.22. The number of rotatable bonds is 4. The molecule has 1 amide bonds. The van der Waals surface area contributed by atoms with E-state index in [9.17, 15) is 4.79 Å². The Kier molecular flexibility index (Phi) is 5.18. The van der Waals surface area contributed by atoms with Crippen molar-refractivity contribution in [1.82, 2.24) is 4.23 Å². The van der Waals surface area contributed by atoms with Crippen LogP contribution < -0.4 is 0 Å². The van der Waals surface area contributed by atoms with Gasteiger partial charge in [0, 0.05) is 17.9 Å². The number of hydrogen-bond acceptors (Lipinski definition) is 1. The Morgan fingerprint density at radius 3 is 1.50 bits per heavy atom. The molecule has 0 fully saturated rings. The van der Waals surface area contributed by atoms with Gasteiger partial charge in [-0.15, -0.1) is 23.2 Å². The van der Waals surface area contributed by atoms with Gasteiger partial charge in [0.15, 0.2) is 16.5 Å². The Balaban J connectivity index is 5.06. The Bertz CT molecular complexity index is 205. The van der Waals surface area contributed by atoms with Gasteiger partial charge >= 0.3 is 0 Å². The monoisotopic (exact) mass is 271 g/mol. The molecule has 0 aliphatic rings. The summed E-state index contributed by atoms with van der Waals surface area (Å²) in [5, 5.41) is 0. The molecule has 0 aliphatic carbocycles. The molecule has 0 N–H and O–H groups in total. The lowest BCUT2D eigenvalue weighted by Crippen LogP contribution is -2.66. The fourth-order valence-corrected chi connectivity index (χ4v) is 12.1. The highest BCUT2D eigenvalue weighted by molar-refractivity contribution is 6.97. The van der Waals surface area contributed by atoms with Crippen molar-refractivity contribution in [3.63, 3.8) is 0 Å². The van der Waals surface area contributed by atoms with Crippen LogP contribution in [0.3, 0.4) is 0 Å². The van der Waals surface area contributed by atoms with E-state index in [2.05, 4.69) is 26.2 Å². The molecule has 0 heterocycles. The molecular formula is C8H19Cl2NOSi2. The summed E-state index contributed by atoms with van der Waals surface area (Å²) in [6.07, 6.45) is 0. The van der Waals surface area contributed by atoms with Crippen LogP contribution in [-0.4, -0.2) is 37.6 Å². The second-order valence-electron chi connectivity index (χ2n) is 4.75. The topological polar surface area (TPSA) is 20.3 Å². The molecule has 84 valence electrons. The van der Waals surface area contributed by atoms with Gasteiger partial charge in [0.1, 0.15) is 0 Å². The van der Waals surface area contributed by atoms with Crippen molar-refractivity contribution in [3.05, 3.63) is 0 Å². The zero-order valence-corrected chi connectivity index (χ0v) is 13.0. The smallest absolute Gasteiger partial charge is 0.203 e. The van der Waals surface area contributed by atoms with E-state index < -0.39 is 16.5 Å². The van der Waals surface area contributed by atoms with Crippen LogP contribution in [0.25, 0.3) is 0 Å². The summed E-state index contributed by atoms with van der Waals surface area (Å²) in [5.41, 5.74) is 1.14. The Morgan fingerprint density at radius 1 is 1.07 bits per heavy atom. The highest BCUT2D eigenvalue weighted by atomic mass is 35.5. The van der Waals surface area contributed by atoms with Crippen molar-refractivity contribution in [3.8, 4) is 0 Å². The van der Waals surface area contributed by atoms with Crippen LogP contribution in [0.4, 0.5) is 0 Å². The van der Waals surface area contributed by atoms with E-state index in [1.807, 2.05) is 4.23 Å². The number of carbonyl (C=O) groups is 1. The first kappa shape index (κ1) is 14.5. The molecule has 6 heteroatoms. The minimum absolute atomic E-state index is 0.125.